The number of rotatable bonds is 7. The van der Waals surface area contributed by atoms with Crippen LogP contribution in [0.1, 0.15) is 42.3 Å². The number of ether oxygens (including phenoxy) is 1. The molecule has 0 atom stereocenters. The maximum Gasteiger partial charge on any atom is 0.193 e. The molecule has 2 aromatic rings. The molecule has 3 rings (SSSR count). The summed E-state index contributed by atoms with van der Waals surface area (Å²) in [5.41, 5.74) is 1.23. The number of nitrogens with zero attached hydrogens (tertiary/aromatic N) is 3. The number of hydrogen-bond donors (Lipinski definition) is 1. The number of para-hydroxylation sites is 1. The Morgan fingerprint density at radius 3 is 2.64 bits per heavy atom. The highest BCUT2D eigenvalue weighted by atomic mass is 32.1. The minimum atomic E-state index is 0.285. The first-order chi connectivity index (χ1) is 13.7. The first kappa shape index (κ1) is 20.6. The van der Waals surface area contributed by atoms with Crippen LogP contribution >= 0.6 is 11.3 Å². The molecule has 1 fully saturated rings. The van der Waals surface area contributed by atoms with E-state index in [0.717, 1.165) is 63.6 Å². The third kappa shape index (κ3) is 5.71. The molecule has 0 unspecified atom stereocenters. The standard InChI is InChI=1S/C22H32N4OS/c1-4-20-17(3)28-21(25-20)11-14-24-22(23-5-2)26-15-12-19(13-16-26)27-18-9-7-6-8-10-18/h6-10,19H,4-5,11-16H2,1-3H3,(H,23,24). The summed E-state index contributed by atoms with van der Waals surface area (Å²) in [6.45, 7) is 10.1. The molecule has 6 heteroatoms. The minimum Gasteiger partial charge on any atom is -0.490 e. The molecule has 0 spiro atoms. The highest BCUT2D eigenvalue weighted by Crippen LogP contribution is 2.20. The van der Waals surface area contributed by atoms with Crippen molar-refractivity contribution in [3.8, 4) is 5.75 Å². The van der Waals surface area contributed by atoms with Crippen molar-refractivity contribution in [2.45, 2.75) is 52.6 Å². The van der Waals surface area contributed by atoms with E-state index in [-0.39, 0.29) is 6.10 Å². The third-order valence-electron chi connectivity index (χ3n) is 4.98. The number of piperidine rings is 1. The zero-order valence-corrected chi connectivity index (χ0v) is 18.1. The number of likely N-dealkylation sites (tertiary alicyclic amines) is 1. The summed E-state index contributed by atoms with van der Waals surface area (Å²) in [7, 11) is 0. The summed E-state index contributed by atoms with van der Waals surface area (Å²) in [5, 5.41) is 4.65. The van der Waals surface area contributed by atoms with Crippen molar-refractivity contribution in [1.29, 1.82) is 0 Å². The van der Waals surface area contributed by atoms with Gasteiger partial charge in [0.1, 0.15) is 11.9 Å². The number of nitrogens with one attached hydrogen (secondary N) is 1. The summed E-state index contributed by atoms with van der Waals surface area (Å²) in [5.74, 6) is 1.98. The van der Waals surface area contributed by atoms with Crippen LogP contribution in [0.3, 0.4) is 0 Å². The predicted octanol–water partition coefficient (Wildman–Crippen LogP) is 4.07. The second-order valence-corrected chi connectivity index (χ2v) is 8.35. The lowest BCUT2D eigenvalue weighted by Crippen LogP contribution is -2.47. The van der Waals surface area contributed by atoms with Crippen molar-refractivity contribution in [2.24, 2.45) is 4.99 Å². The molecule has 1 saturated heterocycles. The number of aliphatic imine (C=N–C) groups is 1. The Bertz CT molecular complexity index is 751. The molecule has 0 saturated carbocycles. The Hall–Kier alpha value is -2.08. The Balaban J connectivity index is 1.51. The van der Waals surface area contributed by atoms with E-state index in [0.29, 0.717) is 0 Å². The van der Waals surface area contributed by atoms with Gasteiger partial charge in [-0.15, -0.1) is 11.3 Å². The van der Waals surface area contributed by atoms with Gasteiger partial charge in [-0.25, -0.2) is 4.98 Å². The van der Waals surface area contributed by atoms with Crippen LogP contribution in [-0.2, 0) is 12.8 Å². The number of hydrogen-bond acceptors (Lipinski definition) is 4. The van der Waals surface area contributed by atoms with Gasteiger partial charge in [0, 0.05) is 50.3 Å². The average molecular weight is 401 g/mol. The smallest absolute Gasteiger partial charge is 0.193 e. The maximum atomic E-state index is 6.11. The molecule has 152 valence electrons. The highest BCUT2D eigenvalue weighted by molar-refractivity contribution is 7.11. The fraction of sp³-hybridized carbons (Fsp3) is 0.545. The SMILES string of the molecule is CCNC(=NCCc1nc(CC)c(C)s1)N1CCC(Oc2ccccc2)CC1. The maximum absolute atomic E-state index is 6.11. The number of benzene rings is 1. The molecule has 1 aromatic heterocycles. The van der Waals surface area contributed by atoms with Crippen LogP contribution in [-0.4, -0.2) is 48.1 Å². The first-order valence-electron chi connectivity index (χ1n) is 10.4. The molecule has 2 heterocycles. The second-order valence-electron chi connectivity index (χ2n) is 7.07. The Morgan fingerprint density at radius 1 is 1.25 bits per heavy atom. The van der Waals surface area contributed by atoms with E-state index in [9.17, 15) is 0 Å². The van der Waals surface area contributed by atoms with Crippen molar-refractivity contribution in [2.75, 3.05) is 26.2 Å². The zero-order chi connectivity index (χ0) is 19.8. The molecular weight excluding hydrogens is 368 g/mol. The van der Waals surface area contributed by atoms with Crippen LogP contribution in [0, 0.1) is 6.92 Å². The van der Waals surface area contributed by atoms with Crippen molar-refractivity contribution >= 4 is 17.3 Å². The molecule has 0 aliphatic carbocycles. The molecule has 0 amide bonds. The quantitative estimate of drug-likeness (QED) is 0.562. The second kappa shape index (κ2) is 10.5. The van der Waals surface area contributed by atoms with Crippen LogP contribution in [0.5, 0.6) is 5.75 Å². The molecule has 5 nitrogen and oxygen atoms in total. The van der Waals surface area contributed by atoms with Crippen molar-refractivity contribution in [3.63, 3.8) is 0 Å². The predicted molar refractivity (Wildman–Crippen MR) is 118 cm³/mol. The van der Waals surface area contributed by atoms with Gasteiger partial charge in [0.2, 0.25) is 0 Å². The molecule has 1 aromatic carbocycles. The number of aryl methyl sites for hydroxylation is 2. The lowest BCUT2D eigenvalue weighted by Gasteiger charge is -2.34. The van der Waals surface area contributed by atoms with E-state index < -0.39 is 0 Å². The monoisotopic (exact) mass is 400 g/mol. The number of aromatic nitrogens is 1. The van der Waals surface area contributed by atoms with Crippen LogP contribution in [0.2, 0.25) is 0 Å². The van der Waals surface area contributed by atoms with Crippen molar-refractivity contribution in [3.05, 3.63) is 45.9 Å². The Labute approximate surface area is 172 Å². The van der Waals surface area contributed by atoms with E-state index >= 15 is 0 Å². The Kier molecular flexibility index (Phi) is 7.71. The van der Waals surface area contributed by atoms with Gasteiger partial charge in [-0.05, 0) is 32.4 Å². The summed E-state index contributed by atoms with van der Waals surface area (Å²) in [4.78, 5) is 13.3. The van der Waals surface area contributed by atoms with E-state index in [2.05, 4.69) is 31.0 Å². The van der Waals surface area contributed by atoms with Crippen LogP contribution < -0.4 is 10.1 Å². The van der Waals surface area contributed by atoms with Crippen molar-refractivity contribution in [1.82, 2.24) is 15.2 Å². The van der Waals surface area contributed by atoms with E-state index in [4.69, 9.17) is 14.7 Å². The van der Waals surface area contributed by atoms with Gasteiger partial charge in [-0.1, -0.05) is 25.1 Å². The van der Waals surface area contributed by atoms with Gasteiger partial charge in [-0.3, -0.25) is 4.99 Å². The average Bonchev–Trinajstić information content (AvgIpc) is 3.08. The van der Waals surface area contributed by atoms with Gasteiger partial charge in [0.15, 0.2) is 5.96 Å². The highest BCUT2D eigenvalue weighted by Gasteiger charge is 2.22. The molecular formula is C22H32N4OS. The van der Waals surface area contributed by atoms with Crippen LogP contribution in [0.25, 0.3) is 0 Å². The van der Waals surface area contributed by atoms with Gasteiger partial charge in [0.05, 0.1) is 10.7 Å². The summed E-state index contributed by atoms with van der Waals surface area (Å²) >= 11 is 1.81. The first-order valence-corrected chi connectivity index (χ1v) is 11.2. The van der Waals surface area contributed by atoms with E-state index in [1.807, 2.05) is 41.7 Å². The van der Waals surface area contributed by atoms with Crippen molar-refractivity contribution < 1.29 is 4.74 Å². The molecule has 0 bridgehead atoms. The summed E-state index contributed by atoms with van der Waals surface area (Å²) < 4.78 is 6.11. The topological polar surface area (TPSA) is 49.8 Å². The Morgan fingerprint density at radius 2 is 2.00 bits per heavy atom. The molecule has 28 heavy (non-hydrogen) atoms. The summed E-state index contributed by atoms with van der Waals surface area (Å²) in [6, 6.07) is 10.1. The molecule has 1 aliphatic heterocycles. The number of thiazole rings is 1. The van der Waals surface area contributed by atoms with Gasteiger partial charge in [-0.2, -0.15) is 0 Å². The van der Waals surface area contributed by atoms with E-state index in [1.165, 1.54) is 15.6 Å². The zero-order valence-electron chi connectivity index (χ0n) is 17.3. The molecule has 0 radical (unpaired) electrons. The van der Waals surface area contributed by atoms with Crippen LogP contribution in [0.15, 0.2) is 35.3 Å². The minimum absolute atomic E-state index is 0.285. The van der Waals surface area contributed by atoms with Crippen LogP contribution in [0.4, 0.5) is 0 Å². The molecule has 1 aliphatic rings. The van der Waals surface area contributed by atoms with Gasteiger partial charge in [0.25, 0.3) is 0 Å². The largest absolute Gasteiger partial charge is 0.490 e. The van der Waals surface area contributed by atoms with Gasteiger partial charge < -0.3 is 15.0 Å². The number of guanidine groups is 1. The normalized spacial score (nSPS) is 15.7. The fourth-order valence-electron chi connectivity index (χ4n) is 3.48. The summed E-state index contributed by atoms with van der Waals surface area (Å²) in [6.07, 6.45) is 4.24. The van der Waals surface area contributed by atoms with Gasteiger partial charge >= 0.3 is 0 Å². The lowest BCUT2D eigenvalue weighted by molar-refractivity contribution is 0.129. The fourth-order valence-corrected chi connectivity index (χ4v) is 4.49. The van der Waals surface area contributed by atoms with E-state index in [1.54, 1.807) is 0 Å². The lowest BCUT2D eigenvalue weighted by atomic mass is 10.1. The third-order valence-corrected chi connectivity index (χ3v) is 6.05. The molecule has 1 N–H and O–H groups in total.